The van der Waals surface area contributed by atoms with Crippen molar-refractivity contribution in [2.24, 2.45) is 5.92 Å². The molecule has 2 heterocycles. The molecule has 1 saturated heterocycles. The summed E-state index contributed by atoms with van der Waals surface area (Å²) in [5.74, 6) is 0.888. The monoisotopic (exact) mass is 263 g/mol. The quantitative estimate of drug-likeness (QED) is 0.902. The number of aliphatic hydroxyl groups is 1. The topological polar surface area (TPSA) is 41.3 Å². The van der Waals surface area contributed by atoms with E-state index in [0.717, 1.165) is 25.0 Å². The van der Waals surface area contributed by atoms with Crippen LogP contribution in [0.1, 0.15) is 38.5 Å². The summed E-state index contributed by atoms with van der Waals surface area (Å²) in [5, 5.41) is 14.4. The summed E-state index contributed by atoms with van der Waals surface area (Å²) in [5.41, 5.74) is 0. The Morgan fingerprint density at radius 1 is 1.16 bits per heavy atom. The Hall–Kier alpha value is -0.870. The van der Waals surface area contributed by atoms with Crippen LogP contribution in [-0.4, -0.2) is 45.0 Å². The number of hydrogen-bond acceptors (Lipinski definition) is 3. The SMILES string of the molecule is O[C@H](CN1CCC[C@H]2CCCC[C@@H]21)Cn1cccn1. The zero-order valence-corrected chi connectivity index (χ0v) is 11.6. The summed E-state index contributed by atoms with van der Waals surface area (Å²) in [6.45, 7) is 2.58. The average Bonchev–Trinajstić information content (AvgIpc) is 2.92. The molecule has 4 heteroatoms. The number of fused-ring (bicyclic) bond motifs is 1. The van der Waals surface area contributed by atoms with Crippen LogP contribution in [0.2, 0.25) is 0 Å². The van der Waals surface area contributed by atoms with Crippen molar-refractivity contribution in [3.8, 4) is 0 Å². The van der Waals surface area contributed by atoms with Gasteiger partial charge in [-0.25, -0.2) is 0 Å². The van der Waals surface area contributed by atoms with Crippen LogP contribution in [0.4, 0.5) is 0 Å². The van der Waals surface area contributed by atoms with Crippen molar-refractivity contribution in [1.29, 1.82) is 0 Å². The van der Waals surface area contributed by atoms with Gasteiger partial charge in [-0.1, -0.05) is 12.8 Å². The van der Waals surface area contributed by atoms with Gasteiger partial charge in [0.15, 0.2) is 0 Å². The Labute approximate surface area is 115 Å². The molecule has 0 radical (unpaired) electrons. The predicted molar refractivity (Wildman–Crippen MR) is 74.8 cm³/mol. The standard InChI is InChI=1S/C15H25N3O/c19-14(12-18-10-4-8-16-18)11-17-9-3-6-13-5-1-2-7-15(13)17/h4,8,10,13-15,19H,1-3,5-7,9,11-12H2/t13-,14-,15+/m1/s1. The molecule has 3 rings (SSSR count). The van der Waals surface area contributed by atoms with Crippen molar-refractivity contribution in [3.63, 3.8) is 0 Å². The normalized spacial score (nSPS) is 29.9. The van der Waals surface area contributed by atoms with Crippen molar-refractivity contribution < 1.29 is 5.11 Å². The minimum Gasteiger partial charge on any atom is -0.390 e. The van der Waals surface area contributed by atoms with Crippen molar-refractivity contribution in [1.82, 2.24) is 14.7 Å². The number of likely N-dealkylation sites (tertiary alicyclic amines) is 1. The number of piperidine rings is 1. The second kappa shape index (κ2) is 6.06. The smallest absolute Gasteiger partial charge is 0.0862 e. The number of rotatable bonds is 4. The van der Waals surface area contributed by atoms with Gasteiger partial charge < -0.3 is 5.11 Å². The van der Waals surface area contributed by atoms with Gasteiger partial charge in [0, 0.05) is 25.0 Å². The molecule has 2 fully saturated rings. The molecule has 19 heavy (non-hydrogen) atoms. The van der Waals surface area contributed by atoms with E-state index in [-0.39, 0.29) is 6.10 Å². The lowest BCUT2D eigenvalue weighted by Gasteiger charge is -2.44. The summed E-state index contributed by atoms with van der Waals surface area (Å²) in [7, 11) is 0. The molecule has 0 bridgehead atoms. The number of β-amino-alcohol motifs (C(OH)–C–C–N with tert-alkyl or cyclic N) is 1. The van der Waals surface area contributed by atoms with Gasteiger partial charge in [-0.15, -0.1) is 0 Å². The highest BCUT2D eigenvalue weighted by Gasteiger charge is 2.33. The molecular weight excluding hydrogens is 238 g/mol. The van der Waals surface area contributed by atoms with E-state index in [2.05, 4.69) is 10.00 Å². The highest BCUT2D eigenvalue weighted by atomic mass is 16.3. The van der Waals surface area contributed by atoms with Crippen molar-refractivity contribution in [2.45, 2.75) is 57.2 Å². The molecule has 1 aliphatic heterocycles. The van der Waals surface area contributed by atoms with Gasteiger partial charge in [-0.05, 0) is 44.2 Å². The van der Waals surface area contributed by atoms with Crippen LogP contribution in [0, 0.1) is 5.92 Å². The first-order chi connectivity index (χ1) is 9.33. The molecule has 1 N–H and O–H groups in total. The maximum absolute atomic E-state index is 10.3. The first-order valence-corrected chi connectivity index (χ1v) is 7.72. The van der Waals surface area contributed by atoms with Crippen LogP contribution < -0.4 is 0 Å². The van der Waals surface area contributed by atoms with Gasteiger partial charge in [0.2, 0.25) is 0 Å². The molecule has 0 aromatic carbocycles. The lowest BCUT2D eigenvalue weighted by Crippen LogP contribution is -2.49. The number of aromatic nitrogens is 2. The second-order valence-electron chi connectivity index (χ2n) is 6.13. The van der Waals surface area contributed by atoms with E-state index >= 15 is 0 Å². The van der Waals surface area contributed by atoms with Crippen LogP contribution in [0.15, 0.2) is 18.5 Å². The van der Waals surface area contributed by atoms with Crippen LogP contribution in [0.25, 0.3) is 0 Å². The number of nitrogens with zero attached hydrogens (tertiary/aromatic N) is 3. The molecular formula is C15H25N3O. The summed E-state index contributed by atoms with van der Waals surface area (Å²) in [4.78, 5) is 2.54. The maximum Gasteiger partial charge on any atom is 0.0862 e. The predicted octanol–water partition coefficient (Wildman–Crippen LogP) is 1.90. The van der Waals surface area contributed by atoms with E-state index in [4.69, 9.17) is 0 Å². The molecule has 3 atom stereocenters. The molecule has 2 aliphatic rings. The fourth-order valence-corrected chi connectivity index (χ4v) is 3.91. The Balaban J connectivity index is 1.55. The lowest BCUT2D eigenvalue weighted by molar-refractivity contribution is 0.0152. The van der Waals surface area contributed by atoms with Crippen molar-refractivity contribution in [2.75, 3.05) is 13.1 Å². The van der Waals surface area contributed by atoms with E-state index in [0.29, 0.717) is 6.54 Å². The first kappa shape index (κ1) is 13.1. The molecule has 1 aromatic rings. The molecule has 1 aromatic heterocycles. The zero-order valence-electron chi connectivity index (χ0n) is 11.6. The lowest BCUT2D eigenvalue weighted by atomic mass is 9.78. The van der Waals surface area contributed by atoms with Gasteiger partial charge in [0.25, 0.3) is 0 Å². The number of aliphatic hydroxyl groups excluding tert-OH is 1. The zero-order chi connectivity index (χ0) is 13.1. The minimum atomic E-state index is -0.305. The summed E-state index contributed by atoms with van der Waals surface area (Å²) in [6, 6.07) is 2.64. The van der Waals surface area contributed by atoms with Crippen molar-refractivity contribution >= 4 is 0 Å². The minimum absolute atomic E-state index is 0.305. The second-order valence-corrected chi connectivity index (χ2v) is 6.13. The molecule has 0 spiro atoms. The third-order valence-electron chi connectivity index (χ3n) is 4.76. The Morgan fingerprint density at radius 2 is 2.00 bits per heavy atom. The fourth-order valence-electron chi connectivity index (χ4n) is 3.91. The highest BCUT2D eigenvalue weighted by Crippen LogP contribution is 2.35. The molecule has 106 valence electrons. The molecule has 4 nitrogen and oxygen atoms in total. The Bertz CT molecular complexity index is 377. The van der Waals surface area contributed by atoms with Gasteiger partial charge in [-0.3, -0.25) is 9.58 Å². The fraction of sp³-hybridized carbons (Fsp3) is 0.800. The Morgan fingerprint density at radius 3 is 2.84 bits per heavy atom. The molecule has 0 unspecified atom stereocenters. The third kappa shape index (κ3) is 3.18. The summed E-state index contributed by atoms with van der Waals surface area (Å²) in [6.07, 6.45) is 11.6. The van der Waals surface area contributed by atoms with Crippen molar-refractivity contribution in [3.05, 3.63) is 18.5 Å². The van der Waals surface area contributed by atoms with E-state index in [9.17, 15) is 5.11 Å². The van der Waals surface area contributed by atoms with E-state index in [1.54, 1.807) is 6.20 Å². The van der Waals surface area contributed by atoms with Gasteiger partial charge in [0.05, 0.1) is 12.6 Å². The molecule has 0 amide bonds. The highest BCUT2D eigenvalue weighted by molar-refractivity contribution is 4.88. The van der Waals surface area contributed by atoms with Crippen LogP contribution in [0.5, 0.6) is 0 Å². The van der Waals surface area contributed by atoms with E-state index in [1.165, 1.54) is 38.5 Å². The molecule has 1 saturated carbocycles. The van der Waals surface area contributed by atoms with Crippen LogP contribution >= 0.6 is 0 Å². The maximum atomic E-state index is 10.3. The third-order valence-corrected chi connectivity index (χ3v) is 4.76. The Kier molecular flexibility index (Phi) is 4.18. The molecule has 1 aliphatic carbocycles. The van der Waals surface area contributed by atoms with Crippen LogP contribution in [-0.2, 0) is 6.54 Å². The first-order valence-electron chi connectivity index (χ1n) is 7.72. The van der Waals surface area contributed by atoms with E-state index < -0.39 is 0 Å². The number of hydrogen-bond donors (Lipinski definition) is 1. The summed E-state index contributed by atoms with van der Waals surface area (Å²) < 4.78 is 1.83. The van der Waals surface area contributed by atoms with E-state index in [1.807, 2.05) is 16.9 Å². The van der Waals surface area contributed by atoms with Gasteiger partial charge in [0.1, 0.15) is 0 Å². The largest absolute Gasteiger partial charge is 0.390 e. The van der Waals surface area contributed by atoms with Crippen LogP contribution in [0.3, 0.4) is 0 Å². The van der Waals surface area contributed by atoms with Gasteiger partial charge >= 0.3 is 0 Å². The summed E-state index contributed by atoms with van der Waals surface area (Å²) >= 11 is 0. The average molecular weight is 263 g/mol. The van der Waals surface area contributed by atoms with Gasteiger partial charge in [-0.2, -0.15) is 5.10 Å².